The standard InChI is InChI=1S/C15H23FN2O/c1-17-10-13-5-2-6-14(16)15(13)18-8-3-4-12(11-18)7-9-19/h2,5-6,12,17,19H,3-4,7-11H2,1H3. The summed E-state index contributed by atoms with van der Waals surface area (Å²) in [7, 11) is 1.87. The zero-order valence-corrected chi connectivity index (χ0v) is 11.5. The van der Waals surface area contributed by atoms with Crippen LogP contribution in [0.15, 0.2) is 18.2 Å². The molecular weight excluding hydrogens is 243 g/mol. The second kappa shape index (κ2) is 6.87. The minimum Gasteiger partial charge on any atom is -0.396 e. The first-order valence-electron chi connectivity index (χ1n) is 7.04. The first-order valence-corrected chi connectivity index (χ1v) is 7.04. The molecule has 2 rings (SSSR count). The molecule has 1 heterocycles. The van der Waals surface area contributed by atoms with Crippen molar-refractivity contribution >= 4 is 5.69 Å². The minimum absolute atomic E-state index is 0.141. The van der Waals surface area contributed by atoms with Gasteiger partial charge in [0.25, 0.3) is 0 Å². The van der Waals surface area contributed by atoms with Gasteiger partial charge in [-0.3, -0.25) is 0 Å². The molecular formula is C15H23FN2O. The molecule has 4 heteroatoms. The number of piperidine rings is 1. The lowest BCUT2D eigenvalue weighted by molar-refractivity contribution is 0.244. The number of rotatable bonds is 5. The predicted octanol–water partition coefficient (Wildman–Crippen LogP) is 2.14. The summed E-state index contributed by atoms with van der Waals surface area (Å²) in [6, 6.07) is 5.27. The van der Waals surface area contributed by atoms with Crippen molar-refractivity contribution < 1.29 is 9.50 Å². The first-order chi connectivity index (χ1) is 9.26. The van der Waals surface area contributed by atoms with Gasteiger partial charge in [0, 0.05) is 26.2 Å². The van der Waals surface area contributed by atoms with Gasteiger partial charge in [-0.25, -0.2) is 4.39 Å². The fraction of sp³-hybridized carbons (Fsp3) is 0.600. The van der Waals surface area contributed by atoms with Gasteiger partial charge in [0.2, 0.25) is 0 Å². The summed E-state index contributed by atoms with van der Waals surface area (Å²) in [5.41, 5.74) is 1.74. The molecule has 0 bridgehead atoms. The molecule has 1 fully saturated rings. The number of aliphatic hydroxyl groups excluding tert-OH is 1. The van der Waals surface area contributed by atoms with Crippen LogP contribution in [0.5, 0.6) is 0 Å². The molecule has 19 heavy (non-hydrogen) atoms. The molecule has 1 aliphatic heterocycles. The largest absolute Gasteiger partial charge is 0.396 e. The molecule has 1 aromatic rings. The third kappa shape index (κ3) is 3.45. The summed E-state index contributed by atoms with van der Waals surface area (Å²) in [4.78, 5) is 2.14. The van der Waals surface area contributed by atoms with Gasteiger partial charge < -0.3 is 15.3 Å². The minimum atomic E-state index is -0.141. The van der Waals surface area contributed by atoms with Crippen molar-refractivity contribution in [1.29, 1.82) is 0 Å². The Balaban J connectivity index is 2.20. The molecule has 0 radical (unpaired) electrons. The third-order valence-electron chi connectivity index (χ3n) is 3.81. The second-order valence-corrected chi connectivity index (χ2v) is 5.24. The van der Waals surface area contributed by atoms with E-state index in [0.717, 1.165) is 43.6 Å². The van der Waals surface area contributed by atoms with Gasteiger partial charge in [-0.1, -0.05) is 12.1 Å². The molecule has 1 aromatic carbocycles. The van der Waals surface area contributed by atoms with E-state index in [1.54, 1.807) is 6.07 Å². The Morgan fingerprint density at radius 2 is 2.32 bits per heavy atom. The number of halogens is 1. The Morgan fingerprint density at radius 3 is 3.05 bits per heavy atom. The van der Waals surface area contributed by atoms with Crippen molar-refractivity contribution in [2.24, 2.45) is 5.92 Å². The number of nitrogens with one attached hydrogen (secondary N) is 1. The Bertz CT molecular complexity index is 409. The van der Waals surface area contributed by atoms with Crippen LogP contribution in [0.3, 0.4) is 0 Å². The van der Waals surface area contributed by atoms with Crippen LogP contribution in [0, 0.1) is 11.7 Å². The van der Waals surface area contributed by atoms with E-state index < -0.39 is 0 Å². The van der Waals surface area contributed by atoms with Gasteiger partial charge in [-0.15, -0.1) is 0 Å². The average molecular weight is 266 g/mol. The van der Waals surface area contributed by atoms with E-state index >= 15 is 0 Å². The number of nitrogens with zero attached hydrogens (tertiary/aromatic N) is 1. The fourth-order valence-corrected chi connectivity index (χ4v) is 2.93. The van der Waals surface area contributed by atoms with Crippen LogP contribution < -0.4 is 10.2 Å². The highest BCUT2D eigenvalue weighted by Gasteiger charge is 2.23. The Labute approximate surface area is 114 Å². The topological polar surface area (TPSA) is 35.5 Å². The van der Waals surface area contributed by atoms with Crippen LogP contribution in [0.1, 0.15) is 24.8 Å². The van der Waals surface area contributed by atoms with Gasteiger partial charge in [-0.2, -0.15) is 0 Å². The summed E-state index contributed by atoms with van der Waals surface area (Å²) < 4.78 is 14.2. The number of anilines is 1. The second-order valence-electron chi connectivity index (χ2n) is 5.24. The number of hydrogen-bond acceptors (Lipinski definition) is 3. The summed E-state index contributed by atoms with van der Waals surface area (Å²) in [6.45, 7) is 2.64. The van der Waals surface area contributed by atoms with E-state index in [0.29, 0.717) is 12.5 Å². The first kappa shape index (κ1) is 14.3. The normalized spacial score (nSPS) is 19.7. The molecule has 0 aromatic heterocycles. The van der Waals surface area contributed by atoms with Crippen LogP contribution >= 0.6 is 0 Å². The highest BCUT2D eigenvalue weighted by atomic mass is 19.1. The van der Waals surface area contributed by atoms with Crippen molar-refractivity contribution in [3.05, 3.63) is 29.6 Å². The van der Waals surface area contributed by atoms with Crippen LogP contribution in [0.2, 0.25) is 0 Å². The Hall–Kier alpha value is -1.13. The summed E-state index contributed by atoms with van der Waals surface area (Å²) in [5, 5.41) is 12.2. The van der Waals surface area contributed by atoms with Crippen molar-refractivity contribution in [3.8, 4) is 0 Å². The van der Waals surface area contributed by atoms with Crippen LogP contribution in [0.4, 0.5) is 10.1 Å². The molecule has 0 amide bonds. The summed E-state index contributed by atoms with van der Waals surface area (Å²) in [6.07, 6.45) is 3.01. The molecule has 3 nitrogen and oxygen atoms in total. The van der Waals surface area contributed by atoms with Crippen LogP contribution in [-0.4, -0.2) is 31.9 Å². The smallest absolute Gasteiger partial charge is 0.146 e. The molecule has 106 valence electrons. The van der Waals surface area contributed by atoms with E-state index in [9.17, 15) is 4.39 Å². The SMILES string of the molecule is CNCc1cccc(F)c1N1CCCC(CCO)C1. The molecule has 1 saturated heterocycles. The van der Waals surface area contributed by atoms with E-state index in [1.807, 2.05) is 13.1 Å². The maximum Gasteiger partial charge on any atom is 0.146 e. The molecule has 1 unspecified atom stereocenters. The predicted molar refractivity (Wildman–Crippen MR) is 75.8 cm³/mol. The lowest BCUT2D eigenvalue weighted by Crippen LogP contribution is -2.37. The van der Waals surface area contributed by atoms with Gasteiger partial charge in [0.05, 0.1) is 5.69 Å². The summed E-state index contributed by atoms with van der Waals surface area (Å²) >= 11 is 0. The Kier molecular flexibility index (Phi) is 5.16. The molecule has 0 aliphatic carbocycles. The maximum atomic E-state index is 14.2. The molecule has 0 spiro atoms. The molecule has 2 N–H and O–H groups in total. The number of benzene rings is 1. The highest BCUT2D eigenvalue weighted by Crippen LogP contribution is 2.30. The molecule has 1 atom stereocenters. The number of aliphatic hydroxyl groups is 1. The number of hydrogen-bond donors (Lipinski definition) is 2. The van der Waals surface area contributed by atoms with Crippen molar-refractivity contribution in [1.82, 2.24) is 5.32 Å². The zero-order chi connectivity index (χ0) is 13.7. The average Bonchev–Trinajstić information content (AvgIpc) is 2.40. The van der Waals surface area contributed by atoms with Crippen LogP contribution in [0.25, 0.3) is 0 Å². The molecule has 0 saturated carbocycles. The quantitative estimate of drug-likeness (QED) is 0.857. The lowest BCUT2D eigenvalue weighted by Gasteiger charge is -2.35. The fourth-order valence-electron chi connectivity index (χ4n) is 2.93. The highest BCUT2D eigenvalue weighted by molar-refractivity contribution is 5.55. The van der Waals surface area contributed by atoms with Gasteiger partial charge in [-0.05, 0) is 43.9 Å². The van der Waals surface area contributed by atoms with Gasteiger partial charge >= 0.3 is 0 Å². The van der Waals surface area contributed by atoms with Crippen molar-refractivity contribution in [2.45, 2.75) is 25.8 Å². The van der Waals surface area contributed by atoms with Gasteiger partial charge in [0.15, 0.2) is 0 Å². The van der Waals surface area contributed by atoms with Gasteiger partial charge in [0.1, 0.15) is 5.82 Å². The molecule has 1 aliphatic rings. The third-order valence-corrected chi connectivity index (χ3v) is 3.81. The zero-order valence-electron chi connectivity index (χ0n) is 11.5. The Morgan fingerprint density at radius 1 is 1.47 bits per heavy atom. The maximum absolute atomic E-state index is 14.2. The number of para-hydroxylation sites is 1. The monoisotopic (exact) mass is 266 g/mol. The van der Waals surface area contributed by atoms with Crippen molar-refractivity contribution in [3.63, 3.8) is 0 Å². The lowest BCUT2D eigenvalue weighted by atomic mass is 9.94. The van der Waals surface area contributed by atoms with Crippen LogP contribution in [-0.2, 0) is 6.54 Å². The van der Waals surface area contributed by atoms with E-state index in [2.05, 4.69) is 10.2 Å². The van der Waals surface area contributed by atoms with Crippen molar-refractivity contribution in [2.75, 3.05) is 31.6 Å². The van der Waals surface area contributed by atoms with E-state index in [1.165, 1.54) is 6.07 Å². The van der Waals surface area contributed by atoms with E-state index in [-0.39, 0.29) is 12.4 Å². The van der Waals surface area contributed by atoms with E-state index in [4.69, 9.17) is 5.11 Å². The summed E-state index contributed by atoms with van der Waals surface area (Å²) in [5.74, 6) is 0.332.